The molecule has 4 rings (SSSR count). The number of likely N-dealkylation sites (tertiary alicyclic amines) is 1. The van der Waals surface area contributed by atoms with Crippen molar-refractivity contribution in [1.82, 2.24) is 9.47 Å². The minimum absolute atomic E-state index is 0.0535. The Hall–Kier alpha value is -3.05. The average molecular weight is 528 g/mol. The quantitative estimate of drug-likeness (QED) is 0.516. The van der Waals surface area contributed by atoms with Gasteiger partial charge in [0.15, 0.2) is 9.84 Å². The van der Waals surface area contributed by atoms with Gasteiger partial charge in [-0.15, -0.1) is 0 Å². The van der Waals surface area contributed by atoms with Crippen LogP contribution >= 0.6 is 11.6 Å². The molecule has 0 radical (unpaired) electrons. The number of nitrogens with zero attached hydrogens (tertiary/aromatic N) is 2. The Kier molecular flexibility index (Phi) is 6.83. The average Bonchev–Trinajstić information content (AvgIpc) is 3.43. The van der Waals surface area contributed by atoms with E-state index in [0.29, 0.717) is 30.1 Å². The summed E-state index contributed by atoms with van der Waals surface area (Å²) in [5, 5.41) is 2.33. The van der Waals surface area contributed by atoms with Gasteiger partial charge in [-0.3, -0.25) is 9.59 Å². The number of alkyl halides is 3. The molecule has 1 fully saturated rings. The number of benzene rings is 2. The highest BCUT2D eigenvalue weighted by Crippen LogP contribution is 2.34. The van der Waals surface area contributed by atoms with Crippen molar-refractivity contribution in [2.24, 2.45) is 0 Å². The van der Waals surface area contributed by atoms with Gasteiger partial charge in [0.1, 0.15) is 12.3 Å². The molecule has 186 valence electrons. The van der Waals surface area contributed by atoms with E-state index in [0.717, 1.165) is 25.0 Å². The number of fused-ring (bicyclic) bond motifs is 1. The maximum absolute atomic E-state index is 13.1. The minimum Gasteiger partial charge on any atom is -0.341 e. The van der Waals surface area contributed by atoms with E-state index in [1.807, 2.05) is 0 Å². The first-order valence-corrected chi connectivity index (χ1v) is 12.7. The summed E-state index contributed by atoms with van der Waals surface area (Å²) in [7, 11) is -4.21. The van der Waals surface area contributed by atoms with E-state index in [2.05, 4.69) is 5.32 Å². The van der Waals surface area contributed by atoms with Crippen molar-refractivity contribution in [3.05, 3.63) is 59.2 Å². The van der Waals surface area contributed by atoms with Gasteiger partial charge in [-0.2, -0.15) is 13.2 Å². The summed E-state index contributed by atoms with van der Waals surface area (Å²) in [6.07, 6.45) is -1.51. The van der Waals surface area contributed by atoms with Crippen LogP contribution in [-0.4, -0.2) is 48.5 Å². The van der Waals surface area contributed by atoms with E-state index in [9.17, 15) is 31.2 Å². The fraction of sp³-hybridized carbons (Fsp3) is 0.304. The van der Waals surface area contributed by atoms with Crippen molar-refractivity contribution in [3.63, 3.8) is 0 Å². The third-order valence-electron chi connectivity index (χ3n) is 5.74. The summed E-state index contributed by atoms with van der Waals surface area (Å²) < 4.78 is 66.8. The van der Waals surface area contributed by atoms with Gasteiger partial charge < -0.3 is 14.8 Å². The summed E-state index contributed by atoms with van der Waals surface area (Å²) in [6, 6.07) is 8.96. The molecular formula is C23H21ClF3N3O4S. The van der Waals surface area contributed by atoms with Crippen molar-refractivity contribution in [3.8, 4) is 0 Å². The molecular weight excluding hydrogens is 507 g/mol. The number of hydrogen-bond acceptors (Lipinski definition) is 4. The topological polar surface area (TPSA) is 88.5 Å². The van der Waals surface area contributed by atoms with Crippen LogP contribution < -0.4 is 5.32 Å². The zero-order valence-electron chi connectivity index (χ0n) is 18.3. The highest BCUT2D eigenvalue weighted by atomic mass is 35.5. The number of amides is 2. The number of hydrogen-bond donors (Lipinski definition) is 1. The molecule has 1 N–H and O–H groups in total. The summed E-state index contributed by atoms with van der Waals surface area (Å²) in [5.74, 6) is -2.20. The van der Waals surface area contributed by atoms with Crippen LogP contribution in [0.1, 0.15) is 18.4 Å². The molecule has 1 aliphatic rings. The Bertz CT molecular complexity index is 1400. The van der Waals surface area contributed by atoms with Gasteiger partial charge >= 0.3 is 6.18 Å². The molecule has 12 heteroatoms. The fourth-order valence-corrected chi connectivity index (χ4v) is 5.57. The molecule has 3 aromatic rings. The predicted octanol–water partition coefficient (Wildman–Crippen LogP) is 4.35. The van der Waals surface area contributed by atoms with E-state index in [-0.39, 0.29) is 28.1 Å². The Balaban J connectivity index is 1.58. The molecule has 35 heavy (non-hydrogen) atoms. The number of carbonyl (C=O) groups excluding carboxylic acids is 2. The van der Waals surface area contributed by atoms with Crippen LogP contribution in [-0.2, 0) is 32.1 Å². The standard InChI is InChI=1S/C23H21ClF3N3O4S/c24-17-8-7-15(23(25,26)27)11-18(17)28-21(31)14-35(33,34)20-12-30(19-6-2-1-5-16(19)20)13-22(32)29-9-3-4-10-29/h1-2,5-8,11-12H,3-4,9-10,13-14H2,(H,28,31). The molecule has 0 aliphatic carbocycles. The van der Waals surface area contributed by atoms with Gasteiger partial charge in [-0.25, -0.2) is 8.42 Å². The highest BCUT2D eigenvalue weighted by Gasteiger charge is 2.31. The van der Waals surface area contributed by atoms with Gasteiger partial charge in [0.2, 0.25) is 11.8 Å². The Morgan fingerprint density at radius 2 is 1.74 bits per heavy atom. The summed E-state index contributed by atoms with van der Waals surface area (Å²) in [5.41, 5.74) is -0.869. The molecule has 1 aliphatic heterocycles. The third kappa shape index (κ3) is 5.46. The zero-order chi connectivity index (χ0) is 25.4. The molecule has 2 amide bonds. The maximum Gasteiger partial charge on any atom is 0.416 e. The van der Waals surface area contributed by atoms with Crippen molar-refractivity contribution in [1.29, 1.82) is 0 Å². The summed E-state index contributed by atoms with van der Waals surface area (Å²) >= 11 is 5.89. The number of aromatic nitrogens is 1. The fourth-order valence-electron chi connectivity index (χ4n) is 4.04. The second-order valence-electron chi connectivity index (χ2n) is 8.23. The maximum atomic E-state index is 13.1. The van der Waals surface area contributed by atoms with Crippen LogP contribution in [0, 0.1) is 0 Å². The Morgan fingerprint density at radius 1 is 1.06 bits per heavy atom. The van der Waals surface area contributed by atoms with Gasteiger partial charge in [-0.05, 0) is 37.1 Å². The lowest BCUT2D eigenvalue weighted by Crippen LogP contribution is -2.30. The SMILES string of the molecule is O=C(CS(=O)(=O)c1cn(CC(=O)N2CCCC2)c2ccccc12)Nc1cc(C(F)(F)F)ccc1Cl. The van der Waals surface area contributed by atoms with Gasteiger partial charge in [0.05, 0.1) is 21.2 Å². The number of halogens is 4. The lowest BCUT2D eigenvalue weighted by molar-refractivity contribution is -0.137. The molecule has 0 unspecified atom stereocenters. The van der Waals surface area contributed by atoms with Gasteiger partial charge in [0.25, 0.3) is 0 Å². The second-order valence-corrected chi connectivity index (χ2v) is 10.6. The second kappa shape index (κ2) is 9.54. The van der Waals surface area contributed by atoms with Gasteiger partial charge in [-0.1, -0.05) is 29.8 Å². The third-order valence-corrected chi connectivity index (χ3v) is 7.71. The lowest BCUT2D eigenvalue weighted by atomic mass is 10.2. The van der Waals surface area contributed by atoms with Crippen LogP contribution in [0.15, 0.2) is 53.6 Å². The van der Waals surface area contributed by atoms with Crippen molar-refractivity contribution in [2.75, 3.05) is 24.2 Å². The number of nitrogens with one attached hydrogen (secondary N) is 1. The molecule has 0 bridgehead atoms. The van der Waals surface area contributed by atoms with E-state index in [1.54, 1.807) is 29.2 Å². The molecule has 0 atom stereocenters. The number of rotatable bonds is 6. The van der Waals surface area contributed by atoms with Crippen molar-refractivity contribution >= 4 is 49.8 Å². The first kappa shape index (κ1) is 25.1. The Morgan fingerprint density at radius 3 is 2.43 bits per heavy atom. The largest absolute Gasteiger partial charge is 0.416 e. The Labute approximate surface area is 204 Å². The first-order chi connectivity index (χ1) is 16.5. The number of carbonyl (C=O) groups is 2. The van der Waals surface area contributed by atoms with E-state index >= 15 is 0 Å². The molecule has 2 aromatic carbocycles. The van der Waals surface area contributed by atoms with Crippen LogP contribution in [0.2, 0.25) is 5.02 Å². The smallest absolute Gasteiger partial charge is 0.341 e. The van der Waals surface area contributed by atoms with E-state index < -0.39 is 33.2 Å². The highest BCUT2D eigenvalue weighted by molar-refractivity contribution is 7.92. The molecule has 2 heterocycles. The van der Waals surface area contributed by atoms with E-state index in [4.69, 9.17) is 11.6 Å². The van der Waals surface area contributed by atoms with Crippen LogP contribution in [0.25, 0.3) is 10.9 Å². The molecule has 7 nitrogen and oxygen atoms in total. The molecule has 1 aromatic heterocycles. The minimum atomic E-state index is -4.66. The lowest BCUT2D eigenvalue weighted by Gasteiger charge is -2.15. The van der Waals surface area contributed by atoms with Crippen LogP contribution in [0.5, 0.6) is 0 Å². The monoisotopic (exact) mass is 527 g/mol. The first-order valence-electron chi connectivity index (χ1n) is 10.7. The van der Waals surface area contributed by atoms with Crippen LogP contribution in [0.3, 0.4) is 0 Å². The molecule has 0 spiro atoms. The summed E-state index contributed by atoms with van der Waals surface area (Å²) in [4.78, 5) is 26.7. The van der Waals surface area contributed by atoms with Crippen molar-refractivity contribution < 1.29 is 31.2 Å². The number of anilines is 1. The van der Waals surface area contributed by atoms with Crippen LogP contribution in [0.4, 0.5) is 18.9 Å². The number of sulfone groups is 1. The summed E-state index contributed by atoms with van der Waals surface area (Å²) in [6.45, 7) is 1.25. The van der Waals surface area contributed by atoms with Gasteiger partial charge in [0, 0.05) is 30.2 Å². The normalized spacial score (nSPS) is 14.5. The molecule has 0 saturated carbocycles. The zero-order valence-corrected chi connectivity index (χ0v) is 19.9. The van der Waals surface area contributed by atoms with Crippen molar-refractivity contribution in [2.45, 2.75) is 30.5 Å². The number of para-hydroxylation sites is 1. The van der Waals surface area contributed by atoms with E-state index in [1.165, 1.54) is 10.8 Å². The molecule has 1 saturated heterocycles. The predicted molar refractivity (Wildman–Crippen MR) is 125 cm³/mol.